The molecule has 1 unspecified atom stereocenters. The average Bonchev–Trinajstić information content (AvgIpc) is 3.25. The number of hydrogen-bond acceptors (Lipinski definition) is 7. The van der Waals surface area contributed by atoms with E-state index < -0.39 is 12.0 Å². The summed E-state index contributed by atoms with van der Waals surface area (Å²) in [5, 5.41) is 18.2. The Hall–Kier alpha value is -4.01. The zero-order chi connectivity index (χ0) is 24.4. The lowest BCUT2D eigenvalue weighted by atomic mass is 10.1. The van der Waals surface area contributed by atoms with Crippen LogP contribution in [0.1, 0.15) is 47.4 Å². The van der Waals surface area contributed by atoms with E-state index in [0.29, 0.717) is 18.9 Å². The molecule has 0 saturated heterocycles. The summed E-state index contributed by atoms with van der Waals surface area (Å²) in [5.74, 6) is 1.23. The number of nitrogens with one attached hydrogen (secondary N) is 1. The van der Waals surface area contributed by atoms with Crippen molar-refractivity contribution in [2.24, 2.45) is 0 Å². The first-order valence-corrected chi connectivity index (χ1v) is 11.8. The summed E-state index contributed by atoms with van der Waals surface area (Å²) in [6.07, 6.45) is 4.47. The Morgan fingerprint density at radius 2 is 1.97 bits per heavy atom. The number of fused-ring (bicyclic) bond motifs is 2. The molecule has 0 bridgehead atoms. The molecule has 0 amide bonds. The molecule has 4 heterocycles. The number of hydrogen-bond donors (Lipinski definition) is 2. The van der Waals surface area contributed by atoms with Crippen molar-refractivity contribution in [2.75, 3.05) is 18.5 Å². The van der Waals surface area contributed by atoms with Crippen molar-refractivity contribution < 1.29 is 14.6 Å². The first kappa shape index (κ1) is 22.8. The van der Waals surface area contributed by atoms with Crippen LogP contribution in [0.2, 0.25) is 0 Å². The molecule has 0 saturated carbocycles. The van der Waals surface area contributed by atoms with E-state index in [0.717, 1.165) is 58.9 Å². The highest BCUT2D eigenvalue weighted by Crippen LogP contribution is 2.27. The normalized spacial score (nSPS) is 13.8. The number of aliphatic carboxylic acids is 1. The minimum atomic E-state index is -0.938. The van der Waals surface area contributed by atoms with Crippen LogP contribution in [0.5, 0.6) is 5.75 Å². The molecule has 0 spiro atoms. The molecule has 0 radical (unpaired) electrons. The fraction of sp³-hybridized carbons (Fsp3) is 0.346. The molecule has 3 aromatic heterocycles. The molecular formula is C26H28N6O3. The smallest absolute Gasteiger partial charge is 0.306 e. The third-order valence-electron chi connectivity index (χ3n) is 6.11. The van der Waals surface area contributed by atoms with Gasteiger partial charge in [0.2, 0.25) is 0 Å². The van der Waals surface area contributed by atoms with E-state index in [1.807, 2.05) is 38.1 Å². The molecule has 35 heavy (non-hydrogen) atoms. The van der Waals surface area contributed by atoms with Crippen molar-refractivity contribution in [2.45, 2.75) is 45.6 Å². The standard InChI is InChI=1S/C26H28N6O3/c1-16-12-17(2)30-26(29-16)23(14-24(33)34)32-22-8-7-21(13-19(22)15-28-32)35-11-9-20-6-5-18-4-3-10-27-25(18)31-20/h5-8,12-13,15,23H,3-4,9-11,14H2,1-2H3,(H,27,31)(H,33,34). The maximum absolute atomic E-state index is 11.6. The third-order valence-corrected chi connectivity index (χ3v) is 6.11. The number of carboxylic acid groups (broad SMARTS) is 1. The molecule has 1 atom stereocenters. The summed E-state index contributed by atoms with van der Waals surface area (Å²) in [5.41, 5.74) is 4.65. The number of anilines is 1. The van der Waals surface area contributed by atoms with E-state index >= 15 is 0 Å². The van der Waals surface area contributed by atoms with Gasteiger partial charge in [-0.25, -0.2) is 15.0 Å². The fourth-order valence-corrected chi connectivity index (χ4v) is 4.51. The molecule has 9 nitrogen and oxygen atoms in total. The van der Waals surface area contributed by atoms with Gasteiger partial charge in [0.25, 0.3) is 0 Å². The van der Waals surface area contributed by atoms with Crippen LogP contribution in [-0.4, -0.2) is 49.0 Å². The molecule has 0 aliphatic carbocycles. The van der Waals surface area contributed by atoms with Gasteiger partial charge in [0.1, 0.15) is 17.6 Å². The van der Waals surface area contributed by atoms with Crippen molar-refractivity contribution in [3.05, 3.63) is 71.1 Å². The average molecular weight is 473 g/mol. The van der Waals surface area contributed by atoms with E-state index in [1.165, 1.54) is 5.56 Å². The summed E-state index contributed by atoms with van der Waals surface area (Å²) in [7, 11) is 0. The molecule has 1 aliphatic rings. The number of benzene rings is 1. The molecule has 0 fully saturated rings. The van der Waals surface area contributed by atoms with Gasteiger partial charge < -0.3 is 15.2 Å². The van der Waals surface area contributed by atoms with Gasteiger partial charge in [-0.3, -0.25) is 9.48 Å². The Morgan fingerprint density at radius 1 is 1.14 bits per heavy atom. The van der Waals surface area contributed by atoms with Crippen LogP contribution in [0.3, 0.4) is 0 Å². The van der Waals surface area contributed by atoms with Crippen LogP contribution < -0.4 is 10.1 Å². The Kier molecular flexibility index (Phi) is 6.31. The minimum absolute atomic E-state index is 0.166. The summed E-state index contributed by atoms with van der Waals surface area (Å²) in [6.45, 7) is 5.22. The number of ether oxygens (including phenoxy) is 1. The minimum Gasteiger partial charge on any atom is -0.493 e. The predicted octanol–water partition coefficient (Wildman–Crippen LogP) is 3.88. The number of carboxylic acids is 1. The van der Waals surface area contributed by atoms with Gasteiger partial charge in [-0.05, 0) is 62.6 Å². The van der Waals surface area contributed by atoms with Crippen LogP contribution in [0.25, 0.3) is 10.9 Å². The van der Waals surface area contributed by atoms with Crippen LogP contribution in [0, 0.1) is 13.8 Å². The van der Waals surface area contributed by atoms with Crippen LogP contribution >= 0.6 is 0 Å². The molecule has 9 heteroatoms. The summed E-state index contributed by atoms with van der Waals surface area (Å²) >= 11 is 0. The van der Waals surface area contributed by atoms with Gasteiger partial charge in [-0.2, -0.15) is 5.10 Å². The zero-order valence-corrected chi connectivity index (χ0v) is 19.9. The van der Waals surface area contributed by atoms with Gasteiger partial charge in [0, 0.05) is 35.4 Å². The number of pyridine rings is 1. The monoisotopic (exact) mass is 472 g/mol. The van der Waals surface area contributed by atoms with Crippen LogP contribution in [0.15, 0.2) is 42.6 Å². The Balaban J connectivity index is 1.33. The Labute approximate surface area is 203 Å². The number of carbonyl (C=O) groups is 1. The number of nitrogens with zero attached hydrogens (tertiary/aromatic N) is 5. The van der Waals surface area contributed by atoms with E-state index in [4.69, 9.17) is 9.72 Å². The number of aryl methyl sites for hydroxylation is 3. The second-order valence-electron chi connectivity index (χ2n) is 8.87. The zero-order valence-electron chi connectivity index (χ0n) is 19.9. The van der Waals surface area contributed by atoms with Gasteiger partial charge in [-0.15, -0.1) is 0 Å². The molecule has 4 aromatic rings. The SMILES string of the molecule is Cc1cc(C)nc(C(CC(=O)O)n2ncc3cc(OCCc4ccc5c(n4)NCCC5)ccc32)n1. The highest BCUT2D eigenvalue weighted by Gasteiger charge is 2.24. The summed E-state index contributed by atoms with van der Waals surface area (Å²) < 4.78 is 7.68. The lowest BCUT2D eigenvalue weighted by molar-refractivity contribution is -0.137. The van der Waals surface area contributed by atoms with Gasteiger partial charge in [0.15, 0.2) is 5.82 Å². The van der Waals surface area contributed by atoms with Crippen molar-refractivity contribution in [1.82, 2.24) is 24.7 Å². The summed E-state index contributed by atoms with van der Waals surface area (Å²) in [6, 6.07) is 11.2. The maximum atomic E-state index is 11.6. The Morgan fingerprint density at radius 3 is 2.77 bits per heavy atom. The lowest BCUT2D eigenvalue weighted by Crippen LogP contribution is -2.19. The van der Waals surface area contributed by atoms with E-state index in [1.54, 1.807) is 10.9 Å². The number of aromatic nitrogens is 5. The van der Waals surface area contributed by atoms with Crippen molar-refractivity contribution >= 4 is 22.7 Å². The van der Waals surface area contributed by atoms with Crippen molar-refractivity contribution in [3.63, 3.8) is 0 Å². The third kappa shape index (κ3) is 5.08. The number of rotatable bonds is 8. The fourth-order valence-electron chi connectivity index (χ4n) is 4.51. The van der Waals surface area contributed by atoms with Gasteiger partial charge in [0.05, 0.1) is 24.7 Å². The first-order valence-electron chi connectivity index (χ1n) is 11.8. The largest absolute Gasteiger partial charge is 0.493 e. The molecular weight excluding hydrogens is 444 g/mol. The second-order valence-corrected chi connectivity index (χ2v) is 8.87. The maximum Gasteiger partial charge on any atom is 0.306 e. The van der Waals surface area contributed by atoms with Crippen LogP contribution in [0.4, 0.5) is 5.82 Å². The van der Waals surface area contributed by atoms with Crippen LogP contribution in [-0.2, 0) is 17.6 Å². The van der Waals surface area contributed by atoms with E-state index in [2.05, 4.69) is 32.5 Å². The summed E-state index contributed by atoms with van der Waals surface area (Å²) in [4.78, 5) is 25.3. The molecule has 180 valence electrons. The van der Waals surface area contributed by atoms with E-state index in [9.17, 15) is 9.90 Å². The van der Waals surface area contributed by atoms with Crippen molar-refractivity contribution in [1.29, 1.82) is 0 Å². The quantitative estimate of drug-likeness (QED) is 0.397. The molecule has 1 aromatic carbocycles. The molecule has 1 aliphatic heterocycles. The van der Waals surface area contributed by atoms with Gasteiger partial charge in [-0.1, -0.05) is 6.07 Å². The lowest BCUT2D eigenvalue weighted by Gasteiger charge is -2.17. The van der Waals surface area contributed by atoms with E-state index in [-0.39, 0.29) is 6.42 Å². The van der Waals surface area contributed by atoms with Gasteiger partial charge >= 0.3 is 5.97 Å². The highest BCUT2D eigenvalue weighted by atomic mass is 16.5. The second kappa shape index (κ2) is 9.69. The highest BCUT2D eigenvalue weighted by molar-refractivity contribution is 5.80. The Bertz CT molecular complexity index is 1360. The van der Waals surface area contributed by atoms with Crippen molar-refractivity contribution in [3.8, 4) is 5.75 Å². The first-order chi connectivity index (χ1) is 17.0. The predicted molar refractivity (Wildman–Crippen MR) is 132 cm³/mol. The topological polar surface area (TPSA) is 115 Å². The molecule has 2 N–H and O–H groups in total. The molecule has 5 rings (SSSR count).